The number of hydrogen-bond acceptors (Lipinski definition) is 3. The Balaban J connectivity index is 4.77. The van der Waals surface area contributed by atoms with Gasteiger partial charge in [0.25, 0.3) is 5.97 Å². The van der Waals surface area contributed by atoms with Crippen LogP contribution in [0, 0.1) is 5.92 Å². The van der Waals surface area contributed by atoms with E-state index in [4.69, 9.17) is 14.2 Å². The van der Waals surface area contributed by atoms with Gasteiger partial charge in [0.05, 0.1) is 0 Å². The van der Waals surface area contributed by atoms with E-state index in [2.05, 4.69) is 13.8 Å². The Morgan fingerprint density at radius 1 is 0.591 bits per heavy atom. The number of ether oxygens (including phenoxy) is 3. The van der Waals surface area contributed by atoms with E-state index < -0.39 is 5.97 Å². The second-order valence-corrected chi connectivity index (χ2v) is 5.94. The number of unbranched alkanes of at least 4 members (excludes halogenated alkanes) is 5. The fourth-order valence-electron chi connectivity index (χ4n) is 3.02. The lowest BCUT2D eigenvalue weighted by atomic mass is 9.92. The second-order valence-electron chi connectivity index (χ2n) is 5.94. The maximum Gasteiger partial charge on any atom is 0.285 e. The molecule has 0 fully saturated rings. The third kappa shape index (κ3) is 8.50. The molecule has 0 aliphatic carbocycles. The van der Waals surface area contributed by atoms with Gasteiger partial charge in [-0.1, -0.05) is 58.8 Å². The van der Waals surface area contributed by atoms with E-state index in [0.29, 0.717) is 25.7 Å². The third-order valence-corrected chi connectivity index (χ3v) is 4.10. The van der Waals surface area contributed by atoms with Crippen LogP contribution in [0.25, 0.3) is 0 Å². The molecule has 0 aromatic heterocycles. The summed E-state index contributed by atoms with van der Waals surface area (Å²) in [6.07, 6.45) is 11.2. The highest BCUT2D eigenvalue weighted by atomic mass is 16.9. The van der Waals surface area contributed by atoms with E-state index >= 15 is 0 Å². The van der Waals surface area contributed by atoms with E-state index in [-0.39, 0.29) is 0 Å². The first kappa shape index (κ1) is 21.9. The van der Waals surface area contributed by atoms with Crippen LogP contribution in [0.4, 0.5) is 0 Å². The van der Waals surface area contributed by atoms with Crippen molar-refractivity contribution in [2.75, 3.05) is 19.8 Å². The minimum absolute atomic E-state index is 0.328. The lowest BCUT2D eigenvalue weighted by molar-refractivity contribution is -0.403. The van der Waals surface area contributed by atoms with Gasteiger partial charge in [0.15, 0.2) is 0 Å². The molecular formula is C19H40O3. The summed E-state index contributed by atoms with van der Waals surface area (Å²) < 4.78 is 18.0. The van der Waals surface area contributed by atoms with Gasteiger partial charge in [0.1, 0.15) is 0 Å². The summed E-state index contributed by atoms with van der Waals surface area (Å²) in [5.74, 6) is -0.507. The maximum absolute atomic E-state index is 6.00. The van der Waals surface area contributed by atoms with Crippen LogP contribution in [0.3, 0.4) is 0 Å². The maximum atomic E-state index is 6.00. The molecule has 1 unspecified atom stereocenters. The summed E-state index contributed by atoms with van der Waals surface area (Å²) in [4.78, 5) is 0. The molecule has 0 radical (unpaired) electrons. The summed E-state index contributed by atoms with van der Waals surface area (Å²) in [7, 11) is 0. The molecule has 0 heterocycles. The molecule has 3 nitrogen and oxygen atoms in total. The van der Waals surface area contributed by atoms with Gasteiger partial charge in [-0.15, -0.1) is 0 Å². The van der Waals surface area contributed by atoms with Gasteiger partial charge in [0.2, 0.25) is 0 Å². The van der Waals surface area contributed by atoms with Crippen LogP contribution >= 0.6 is 0 Å². The predicted molar refractivity (Wildman–Crippen MR) is 94.0 cm³/mol. The van der Waals surface area contributed by atoms with Crippen LogP contribution in [0.15, 0.2) is 0 Å². The molecule has 0 rings (SSSR count). The van der Waals surface area contributed by atoms with Gasteiger partial charge in [-0.25, -0.2) is 0 Å². The summed E-state index contributed by atoms with van der Waals surface area (Å²) >= 11 is 0. The van der Waals surface area contributed by atoms with Crippen molar-refractivity contribution < 1.29 is 14.2 Å². The van der Waals surface area contributed by atoms with Gasteiger partial charge in [-0.05, 0) is 33.6 Å². The average molecular weight is 317 g/mol. The minimum Gasteiger partial charge on any atom is -0.328 e. The standard InChI is InChI=1S/C19H40O3/c1-6-11-13-14-15-17-18(16-12-7-2)19(20-8-3,21-9-4)22-10-5/h18H,6-17H2,1-5H3. The van der Waals surface area contributed by atoms with Gasteiger partial charge in [0, 0.05) is 25.7 Å². The zero-order chi connectivity index (χ0) is 16.7. The highest BCUT2D eigenvalue weighted by Crippen LogP contribution is 2.34. The molecule has 3 heteroatoms. The van der Waals surface area contributed by atoms with E-state index in [1.54, 1.807) is 0 Å². The first-order chi connectivity index (χ1) is 10.7. The van der Waals surface area contributed by atoms with Crippen molar-refractivity contribution >= 4 is 0 Å². The lowest BCUT2D eigenvalue weighted by Gasteiger charge is -2.39. The summed E-state index contributed by atoms with van der Waals surface area (Å²) in [6, 6.07) is 0. The Morgan fingerprint density at radius 2 is 1.05 bits per heavy atom. The average Bonchev–Trinajstić information content (AvgIpc) is 2.50. The largest absolute Gasteiger partial charge is 0.328 e. The minimum atomic E-state index is -0.835. The summed E-state index contributed by atoms with van der Waals surface area (Å²) in [6.45, 7) is 12.4. The van der Waals surface area contributed by atoms with Crippen LogP contribution in [-0.4, -0.2) is 25.8 Å². The van der Waals surface area contributed by atoms with Crippen LogP contribution in [0.1, 0.15) is 92.4 Å². The highest BCUT2D eigenvalue weighted by molar-refractivity contribution is 4.73. The first-order valence-corrected chi connectivity index (χ1v) is 9.62. The van der Waals surface area contributed by atoms with E-state index in [0.717, 1.165) is 12.8 Å². The van der Waals surface area contributed by atoms with E-state index in [1.165, 1.54) is 44.9 Å². The van der Waals surface area contributed by atoms with Crippen molar-refractivity contribution in [2.45, 2.75) is 98.4 Å². The zero-order valence-corrected chi connectivity index (χ0v) is 15.8. The van der Waals surface area contributed by atoms with Crippen molar-refractivity contribution in [2.24, 2.45) is 5.92 Å². The van der Waals surface area contributed by atoms with Crippen LogP contribution in [-0.2, 0) is 14.2 Å². The zero-order valence-electron chi connectivity index (χ0n) is 15.8. The first-order valence-electron chi connectivity index (χ1n) is 9.62. The van der Waals surface area contributed by atoms with Gasteiger partial charge in [-0.2, -0.15) is 0 Å². The Hall–Kier alpha value is -0.120. The normalized spacial score (nSPS) is 13.5. The van der Waals surface area contributed by atoms with Crippen LogP contribution in [0.2, 0.25) is 0 Å². The van der Waals surface area contributed by atoms with Gasteiger partial charge < -0.3 is 14.2 Å². The molecule has 22 heavy (non-hydrogen) atoms. The molecule has 0 saturated carbocycles. The molecule has 0 bridgehead atoms. The Morgan fingerprint density at radius 3 is 1.50 bits per heavy atom. The molecular weight excluding hydrogens is 276 g/mol. The smallest absolute Gasteiger partial charge is 0.285 e. The molecule has 0 aromatic carbocycles. The predicted octanol–water partition coefficient (Wildman–Crippen LogP) is 5.92. The van der Waals surface area contributed by atoms with E-state index in [1.807, 2.05) is 20.8 Å². The molecule has 0 amide bonds. The van der Waals surface area contributed by atoms with Crippen LogP contribution < -0.4 is 0 Å². The molecule has 0 aliphatic heterocycles. The Bertz CT molecular complexity index is 214. The Kier molecular flexibility index (Phi) is 14.4. The van der Waals surface area contributed by atoms with Crippen molar-refractivity contribution in [1.82, 2.24) is 0 Å². The fraction of sp³-hybridized carbons (Fsp3) is 1.00. The lowest BCUT2D eigenvalue weighted by Crippen LogP contribution is -2.46. The molecule has 0 N–H and O–H groups in total. The quantitative estimate of drug-likeness (QED) is 0.261. The van der Waals surface area contributed by atoms with E-state index in [9.17, 15) is 0 Å². The van der Waals surface area contributed by atoms with Crippen molar-refractivity contribution in [1.29, 1.82) is 0 Å². The molecule has 1 atom stereocenters. The molecule has 134 valence electrons. The highest BCUT2D eigenvalue weighted by Gasteiger charge is 2.41. The molecule has 0 spiro atoms. The van der Waals surface area contributed by atoms with Crippen molar-refractivity contribution in [3.05, 3.63) is 0 Å². The number of hydrogen-bond donors (Lipinski definition) is 0. The molecule has 0 aromatic rings. The van der Waals surface area contributed by atoms with Crippen molar-refractivity contribution in [3.63, 3.8) is 0 Å². The van der Waals surface area contributed by atoms with Gasteiger partial charge in [-0.3, -0.25) is 0 Å². The van der Waals surface area contributed by atoms with Crippen LogP contribution in [0.5, 0.6) is 0 Å². The monoisotopic (exact) mass is 316 g/mol. The summed E-state index contributed by atoms with van der Waals surface area (Å²) in [5, 5.41) is 0. The van der Waals surface area contributed by atoms with Gasteiger partial charge >= 0.3 is 0 Å². The number of rotatable bonds is 16. The molecule has 0 aliphatic rings. The molecule has 0 saturated heterocycles. The Labute approximate surface area is 139 Å². The van der Waals surface area contributed by atoms with Crippen molar-refractivity contribution in [3.8, 4) is 0 Å². The third-order valence-electron chi connectivity index (χ3n) is 4.10. The summed E-state index contributed by atoms with van der Waals surface area (Å²) in [5.41, 5.74) is 0. The second kappa shape index (κ2) is 14.5. The topological polar surface area (TPSA) is 27.7 Å². The fourth-order valence-corrected chi connectivity index (χ4v) is 3.02. The SMILES string of the molecule is CCCCCCCC(CCCC)C(OCC)(OCC)OCC.